The first-order valence-electron chi connectivity index (χ1n) is 9.11. The van der Waals surface area contributed by atoms with Gasteiger partial charge in [0.05, 0.1) is 4.90 Å². The molecule has 0 amide bonds. The summed E-state index contributed by atoms with van der Waals surface area (Å²) in [5, 5.41) is 3.43. The van der Waals surface area contributed by atoms with E-state index < -0.39 is 9.84 Å². The molecule has 1 N–H and O–H groups in total. The lowest BCUT2D eigenvalue weighted by atomic mass is 10.1. The Morgan fingerprint density at radius 2 is 1.61 bits per heavy atom. The molecule has 0 aromatic heterocycles. The quantitative estimate of drug-likeness (QED) is 0.605. The highest BCUT2D eigenvalue weighted by Crippen LogP contribution is 2.27. The van der Waals surface area contributed by atoms with E-state index in [0.717, 1.165) is 12.2 Å². The second kappa shape index (κ2) is 8.07. The second-order valence-electron chi connectivity index (χ2n) is 7.11. The Labute approximate surface area is 167 Å². The number of aryl methyl sites for hydroxylation is 3. The summed E-state index contributed by atoms with van der Waals surface area (Å²) in [6.07, 6.45) is 1.21. The summed E-state index contributed by atoms with van der Waals surface area (Å²) >= 11 is 0. The Hall–Kier alpha value is -2.79. The normalized spacial score (nSPS) is 11.3. The Kier molecular flexibility index (Phi) is 5.75. The molecule has 0 aliphatic heterocycles. The Morgan fingerprint density at radius 3 is 2.29 bits per heavy atom. The molecule has 0 bridgehead atoms. The van der Waals surface area contributed by atoms with Gasteiger partial charge in [0, 0.05) is 24.6 Å². The lowest BCUT2D eigenvalue weighted by molar-refractivity contribution is 0.482. The summed E-state index contributed by atoms with van der Waals surface area (Å²) in [6.45, 7) is 6.71. The fourth-order valence-electron chi connectivity index (χ4n) is 3.15. The van der Waals surface area contributed by atoms with Gasteiger partial charge in [-0.15, -0.1) is 0 Å². The van der Waals surface area contributed by atoms with Crippen LogP contribution in [0, 0.1) is 20.8 Å². The van der Waals surface area contributed by atoms with Gasteiger partial charge in [-0.2, -0.15) is 0 Å². The van der Waals surface area contributed by atoms with Gasteiger partial charge in [0.25, 0.3) is 0 Å². The van der Waals surface area contributed by atoms with Crippen LogP contribution in [0.3, 0.4) is 0 Å². The highest BCUT2D eigenvalue weighted by molar-refractivity contribution is 7.90. The molecule has 0 atom stereocenters. The molecular formula is C23H25NO3S. The molecule has 0 spiro atoms. The predicted octanol–water partition coefficient (Wildman–Crippen LogP) is 5.42. The standard InChI is InChI=1S/C23H25NO3S/c1-16-8-9-19(17(2)12-16)15-24-20-6-5-7-21(14-20)27-22-10-11-23(18(3)13-22)28(4,25)26/h5-14,24H,15H2,1-4H3. The second-order valence-corrected chi connectivity index (χ2v) is 9.10. The minimum Gasteiger partial charge on any atom is -0.457 e. The SMILES string of the molecule is Cc1ccc(CNc2cccc(Oc3ccc(S(C)(=O)=O)c(C)c3)c2)c(C)c1. The van der Waals surface area contributed by atoms with Gasteiger partial charge in [0.2, 0.25) is 0 Å². The number of hydrogen-bond acceptors (Lipinski definition) is 4. The highest BCUT2D eigenvalue weighted by atomic mass is 32.2. The van der Waals surface area contributed by atoms with Gasteiger partial charge in [-0.25, -0.2) is 8.42 Å². The lowest BCUT2D eigenvalue weighted by Crippen LogP contribution is -2.02. The zero-order valence-corrected chi connectivity index (χ0v) is 17.4. The van der Waals surface area contributed by atoms with Crippen molar-refractivity contribution < 1.29 is 13.2 Å². The van der Waals surface area contributed by atoms with E-state index in [9.17, 15) is 8.42 Å². The first kappa shape index (κ1) is 20.0. The Morgan fingerprint density at radius 1 is 0.857 bits per heavy atom. The van der Waals surface area contributed by atoms with E-state index in [2.05, 4.69) is 37.4 Å². The molecule has 146 valence electrons. The molecule has 0 radical (unpaired) electrons. The number of sulfone groups is 1. The third-order valence-corrected chi connectivity index (χ3v) is 5.85. The van der Waals surface area contributed by atoms with Crippen LogP contribution >= 0.6 is 0 Å². The average Bonchev–Trinajstić information content (AvgIpc) is 2.60. The summed E-state index contributed by atoms with van der Waals surface area (Å²) in [4.78, 5) is 0.323. The highest BCUT2D eigenvalue weighted by Gasteiger charge is 2.11. The van der Waals surface area contributed by atoms with Crippen molar-refractivity contribution >= 4 is 15.5 Å². The van der Waals surface area contributed by atoms with Crippen molar-refractivity contribution in [1.29, 1.82) is 0 Å². The molecule has 0 unspecified atom stereocenters. The van der Waals surface area contributed by atoms with Crippen LogP contribution in [0.2, 0.25) is 0 Å². The van der Waals surface area contributed by atoms with Crippen molar-refractivity contribution in [3.63, 3.8) is 0 Å². The molecule has 3 aromatic rings. The summed E-state index contributed by atoms with van der Waals surface area (Å²) in [7, 11) is -3.24. The monoisotopic (exact) mass is 395 g/mol. The first-order valence-corrected chi connectivity index (χ1v) is 11.0. The fourth-order valence-corrected chi connectivity index (χ4v) is 4.11. The van der Waals surface area contributed by atoms with Gasteiger partial charge in [0.15, 0.2) is 9.84 Å². The van der Waals surface area contributed by atoms with Gasteiger partial charge in [-0.05, 0) is 67.8 Å². The summed E-state index contributed by atoms with van der Waals surface area (Å²) in [6, 6.07) is 19.2. The maximum atomic E-state index is 11.8. The molecule has 0 aliphatic carbocycles. The molecule has 3 aromatic carbocycles. The van der Waals surface area contributed by atoms with Crippen LogP contribution in [0.4, 0.5) is 5.69 Å². The smallest absolute Gasteiger partial charge is 0.175 e. The van der Waals surface area contributed by atoms with Crippen LogP contribution < -0.4 is 10.1 Å². The summed E-state index contributed by atoms with van der Waals surface area (Å²) in [5.41, 5.74) is 5.41. The van der Waals surface area contributed by atoms with Crippen molar-refractivity contribution in [3.8, 4) is 11.5 Å². The number of nitrogens with one attached hydrogen (secondary N) is 1. The Balaban J connectivity index is 1.72. The number of benzene rings is 3. The molecule has 3 rings (SSSR count). The molecule has 4 nitrogen and oxygen atoms in total. The maximum absolute atomic E-state index is 11.8. The Bertz CT molecular complexity index is 1100. The first-order chi connectivity index (χ1) is 13.2. The third kappa shape index (κ3) is 4.93. The van der Waals surface area contributed by atoms with Gasteiger partial charge in [-0.3, -0.25) is 0 Å². The van der Waals surface area contributed by atoms with E-state index in [1.807, 2.05) is 24.3 Å². The van der Waals surface area contributed by atoms with E-state index >= 15 is 0 Å². The van der Waals surface area contributed by atoms with Crippen molar-refractivity contribution in [2.24, 2.45) is 0 Å². The average molecular weight is 396 g/mol. The van der Waals surface area contributed by atoms with Crippen molar-refractivity contribution in [2.75, 3.05) is 11.6 Å². The number of anilines is 1. The van der Waals surface area contributed by atoms with Crippen LogP contribution in [0.25, 0.3) is 0 Å². The molecule has 0 aliphatic rings. The van der Waals surface area contributed by atoms with Crippen LogP contribution in [-0.4, -0.2) is 14.7 Å². The minimum absolute atomic E-state index is 0.323. The van der Waals surface area contributed by atoms with Crippen molar-refractivity contribution in [3.05, 3.63) is 82.9 Å². The molecule has 0 saturated carbocycles. The van der Waals surface area contributed by atoms with E-state index in [4.69, 9.17) is 4.74 Å². The number of hydrogen-bond donors (Lipinski definition) is 1. The summed E-state index contributed by atoms with van der Waals surface area (Å²) in [5.74, 6) is 1.30. The van der Waals surface area contributed by atoms with E-state index in [1.54, 1.807) is 25.1 Å². The maximum Gasteiger partial charge on any atom is 0.175 e. The summed E-state index contributed by atoms with van der Waals surface area (Å²) < 4.78 is 29.4. The van der Waals surface area contributed by atoms with Crippen molar-refractivity contribution in [2.45, 2.75) is 32.2 Å². The van der Waals surface area contributed by atoms with Gasteiger partial charge < -0.3 is 10.1 Å². The lowest BCUT2D eigenvalue weighted by Gasteiger charge is -2.12. The van der Waals surface area contributed by atoms with Crippen LogP contribution in [0.1, 0.15) is 22.3 Å². The van der Waals surface area contributed by atoms with Crippen LogP contribution in [-0.2, 0) is 16.4 Å². The van der Waals surface area contributed by atoms with Crippen molar-refractivity contribution in [1.82, 2.24) is 0 Å². The topological polar surface area (TPSA) is 55.4 Å². The van der Waals surface area contributed by atoms with E-state index in [-0.39, 0.29) is 0 Å². The largest absolute Gasteiger partial charge is 0.457 e. The number of ether oxygens (including phenoxy) is 1. The molecule has 0 saturated heterocycles. The molecule has 28 heavy (non-hydrogen) atoms. The third-order valence-electron chi connectivity index (χ3n) is 4.60. The van der Waals surface area contributed by atoms with Gasteiger partial charge in [0.1, 0.15) is 11.5 Å². The molecule has 0 fully saturated rings. The van der Waals surface area contributed by atoms with Gasteiger partial charge >= 0.3 is 0 Å². The van der Waals surface area contributed by atoms with Gasteiger partial charge in [-0.1, -0.05) is 29.8 Å². The number of rotatable bonds is 6. The van der Waals surface area contributed by atoms with Crippen LogP contribution in [0.5, 0.6) is 11.5 Å². The zero-order chi connectivity index (χ0) is 20.3. The molecule has 0 heterocycles. The van der Waals surface area contributed by atoms with Crippen LogP contribution in [0.15, 0.2) is 65.6 Å². The minimum atomic E-state index is -3.24. The molecule has 5 heteroatoms. The van der Waals surface area contributed by atoms with E-state index in [1.165, 1.54) is 22.9 Å². The van der Waals surface area contributed by atoms with E-state index in [0.29, 0.717) is 22.0 Å². The molecular weight excluding hydrogens is 370 g/mol. The fraction of sp³-hybridized carbons (Fsp3) is 0.217. The zero-order valence-electron chi connectivity index (χ0n) is 16.6. The predicted molar refractivity (Wildman–Crippen MR) is 114 cm³/mol.